The molecule has 0 aromatic heterocycles. The van der Waals surface area contributed by atoms with Gasteiger partial charge < -0.3 is 22.2 Å². The number of hydrogen-bond donors (Lipinski definition) is 1. The van der Waals surface area contributed by atoms with Crippen molar-refractivity contribution in [3.63, 3.8) is 0 Å². The molecule has 0 heterocycles. The Bertz CT molecular complexity index is 267. The van der Waals surface area contributed by atoms with Crippen molar-refractivity contribution in [2.24, 2.45) is 0 Å². The number of nitrogens with one attached hydrogen (secondary N) is 1. The van der Waals surface area contributed by atoms with E-state index in [2.05, 4.69) is 39.6 Å². The van der Waals surface area contributed by atoms with Gasteiger partial charge in [0.25, 0.3) is 0 Å². The fourth-order valence-electron chi connectivity index (χ4n) is 2.26. The molecule has 0 saturated heterocycles. The number of carbonyl (C=O) groups excluding carboxylic acids is 1. The van der Waals surface area contributed by atoms with Gasteiger partial charge in [0.15, 0.2) is 0 Å². The van der Waals surface area contributed by atoms with Crippen LogP contribution < -0.4 is 17.7 Å². The summed E-state index contributed by atoms with van der Waals surface area (Å²) < 4.78 is 1.14. The van der Waals surface area contributed by atoms with Crippen molar-refractivity contribution < 1.29 is 21.7 Å². The first-order valence-corrected chi connectivity index (χ1v) is 7.26. The molecule has 0 fully saturated rings. The van der Waals surface area contributed by atoms with Crippen molar-refractivity contribution in [3.8, 4) is 0 Å². The maximum absolute atomic E-state index is 11.6. The van der Waals surface area contributed by atoms with E-state index in [1.807, 2.05) is 0 Å². The molecule has 0 saturated carbocycles. The van der Waals surface area contributed by atoms with E-state index in [9.17, 15) is 4.79 Å². The topological polar surface area (TPSA) is 29.1 Å². The molecule has 0 rings (SSSR count). The van der Waals surface area contributed by atoms with Crippen LogP contribution in [0.1, 0.15) is 47.5 Å². The minimum Gasteiger partial charge on any atom is -1.00 e. The summed E-state index contributed by atoms with van der Waals surface area (Å²) in [6.07, 6.45) is 2.03. The fraction of sp³-hybridized carbons (Fsp3) is 0.800. The molecule has 114 valence electrons. The summed E-state index contributed by atoms with van der Waals surface area (Å²) in [5.41, 5.74) is 0.593. The summed E-state index contributed by atoms with van der Waals surface area (Å²) in [5, 5.41) is 3.06. The second kappa shape index (κ2) is 10.3. The molecule has 0 aliphatic heterocycles. The first-order chi connectivity index (χ1) is 8.44. The van der Waals surface area contributed by atoms with Crippen LogP contribution >= 0.6 is 0 Å². The molecule has 0 spiro atoms. The molecule has 0 aliphatic carbocycles. The van der Waals surface area contributed by atoms with Gasteiger partial charge >= 0.3 is 0 Å². The second-order valence-corrected chi connectivity index (χ2v) is 5.16. The van der Waals surface area contributed by atoms with Crippen LogP contribution in [0.3, 0.4) is 0 Å². The Balaban J connectivity index is 0. The highest BCUT2D eigenvalue weighted by atomic mass is 35.5. The van der Waals surface area contributed by atoms with Crippen LogP contribution in [-0.4, -0.2) is 42.6 Å². The molecule has 0 aromatic carbocycles. The molecule has 1 N–H and O–H groups in total. The summed E-state index contributed by atoms with van der Waals surface area (Å²) >= 11 is 0. The van der Waals surface area contributed by atoms with Crippen LogP contribution in [0.4, 0.5) is 0 Å². The van der Waals surface area contributed by atoms with E-state index >= 15 is 0 Å². The number of hydrogen-bond acceptors (Lipinski definition) is 1. The quantitative estimate of drug-likeness (QED) is 0.460. The molecule has 0 radical (unpaired) electrons. The van der Waals surface area contributed by atoms with Gasteiger partial charge in [0.1, 0.15) is 0 Å². The number of amides is 1. The van der Waals surface area contributed by atoms with Gasteiger partial charge in [-0.3, -0.25) is 4.79 Å². The minimum absolute atomic E-state index is 0. The molecule has 3 nitrogen and oxygen atoms in total. The van der Waals surface area contributed by atoms with Crippen molar-refractivity contribution in [3.05, 3.63) is 12.2 Å². The van der Waals surface area contributed by atoms with Crippen LogP contribution in [0.25, 0.3) is 0 Å². The summed E-state index contributed by atoms with van der Waals surface area (Å²) in [5.74, 6) is -0.00977. The third kappa shape index (κ3) is 6.98. The van der Waals surface area contributed by atoms with E-state index in [0.717, 1.165) is 43.5 Å². The molecule has 1 atom stereocenters. The van der Waals surface area contributed by atoms with Crippen molar-refractivity contribution >= 4 is 5.91 Å². The van der Waals surface area contributed by atoms with Gasteiger partial charge in [-0.25, -0.2) is 0 Å². The number of rotatable bonds is 9. The Hall–Kier alpha value is -0.540. The van der Waals surface area contributed by atoms with Crippen LogP contribution in [-0.2, 0) is 4.79 Å². The predicted octanol–water partition coefficient (Wildman–Crippen LogP) is -0.272. The number of nitrogens with zero attached hydrogens (tertiary/aromatic N) is 1. The van der Waals surface area contributed by atoms with Crippen molar-refractivity contribution in [1.82, 2.24) is 5.32 Å². The average Bonchev–Trinajstić information content (AvgIpc) is 2.39. The normalized spacial score (nSPS) is 12.5. The largest absolute Gasteiger partial charge is 1.00 e. The highest BCUT2D eigenvalue weighted by Gasteiger charge is 2.22. The SMILES string of the molecule is C=C(C)C(=O)NC(CC)CC[N+](CC)(CC)CC.[Cl-]. The van der Waals surface area contributed by atoms with E-state index in [0.29, 0.717) is 5.57 Å². The number of quaternary nitrogens is 1. The lowest BCUT2D eigenvalue weighted by Crippen LogP contribution is -3.00. The molecular formula is C15H31ClN2O. The smallest absolute Gasteiger partial charge is 0.246 e. The van der Waals surface area contributed by atoms with Crippen molar-refractivity contribution in [2.45, 2.75) is 53.5 Å². The van der Waals surface area contributed by atoms with Gasteiger partial charge in [0.2, 0.25) is 5.91 Å². The van der Waals surface area contributed by atoms with Gasteiger partial charge in [0.05, 0.1) is 26.2 Å². The minimum atomic E-state index is -0.00977. The van der Waals surface area contributed by atoms with E-state index < -0.39 is 0 Å². The summed E-state index contributed by atoms with van der Waals surface area (Å²) in [7, 11) is 0. The lowest BCUT2D eigenvalue weighted by Gasteiger charge is -2.37. The Morgan fingerprint density at radius 1 is 1.16 bits per heavy atom. The van der Waals surface area contributed by atoms with Gasteiger partial charge in [-0.15, -0.1) is 0 Å². The fourth-order valence-corrected chi connectivity index (χ4v) is 2.26. The molecule has 1 unspecified atom stereocenters. The third-order valence-electron chi connectivity index (χ3n) is 4.18. The van der Waals surface area contributed by atoms with E-state index in [1.165, 1.54) is 0 Å². The molecule has 0 bridgehead atoms. The number of halogens is 1. The van der Waals surface area contributed by atoms with E-state index in [-0.39, 0.29) is 24.4 Å². The van der Waals surface area contributed by atoms with Crippen LogP contribution in [0.2, 0.25) is 0 Å². The summed E-state index contributed by atoms with van der Waals surface area (Å²) in [6.45, 7) is 18.9. The van der Waals surface area contributed by atoms with E-state index in [4.69, 9.17) is 0 Å². The van der Waals surface area contributed by atoms with Crippen molar-refractivity contribution in [2.75, 3.05) is 26.2 Å². The Morgan fingerprint density at radius 3 is 1.95 bits per heavy atom. The highest BCUT2D eigenvalue weighted by Crippen LogP contribution is 2.10. The number of carbonyl (C=O) groups is 1. The molecule has 4 heteroatoms. The van der Waals surface area contributed by atoms with Gasteiger partial charge in [-0.05, 0) is 34.1 Å². The predicted molar refractivity (Wildman–Crippen MR) is 78.4 cm³/mol. The Labute approximate surface area is 125 Å². The monoisotopic (exact) mass is 290 g/mol. The molecule has 0 aromatic rings. The van der Waals surface area contributed by atoms with Crippen LogP contribution in [0, 0.1) is 0 Å². The Morgan fingerprint density at radius 2 is 1.63 bits per heavy atom. The first-order valence-electron chi connectivity index (χ1n) is 7.26. The summed E-state index contributed by atoms with van der Waals surface area (Å²) in [6, 6.07) is 0.274. The molecular weight excluding hydrogens is 260 g/mol. The second-order valence-electron chi connectivity index (χ2n) is 5.16. The van der Waals surface area contributed by atoms with Crippen LogP contribution in [0.15, 0.2) is 12.2 Å². The third-order valence-corrected chi connectivity index (χ3v) is 4.18. The lowest BCUT2D eigenvalue weighted by atomic mass is 10.1. The standard InChI is InChI=1S/C15H30N2O.ClH/c1-7-14(16-15(18)13(5)6)11-12-17(8-2,9-3)10-4;/h14H,5,7-12H2,1-4,6H3;1H. The van der Waals surface area contributed by atoms with Gasteiger partial charge in [-0.2, -0.15) is 0 Å². The zero-order valence-corrected chi connectivity index (χ0v) is 14.0. The Kier molecular flexibility index (Phi) is 11.2. The molecule has 1 amide bonds. The van der Waals surface area contributed by atoms with Crippen molar-refractivity contribution in [1.29, 1.82) is 0 Å². The molecule has 0 aliphatic rings. The lowest BCUT2D eigenvalue weighted by molar-refractivity contribution is -0.923. The van der Waals surface area contributed by atoms with Crippen LogP contribution in [0.5, 0.6) is 0 Å². The summed E-state index contributed by atoms with van der Waals surface area (Å²) in [4.78, 5) is 11.6. The van der Waals surface area contributed by atoms with Gasteiger partial charge in [0, 0.05) is 18.0 Å². The molecule has 19 heavy (non-hydrogen) atoms. The zero-order chi connectivity index (χ0) is 14.2. The average molecular weight is 291 g/mol. The first kappa shape index (κ1) is 20.8. The zero-order valence-electron chi connectivity index (χ0n) is 13.3. The van der Waals surface area contributed by atoms with E-state index in [1.54, 1.807) is 6.92 Å². The maximum Gasteiger partial charge on any atom is 0.246 e. The van der Waals surface area contributed by atoms with Gasteiger partial charge in [-0.1, -0.05) is 13.5 Å². The highest BCUT2D eigenvalue weighted by molar-refractivity contribution is 5.92. The maximum atomic E-state index is 11.6.